The predicted molar refractivity (Wildman–Crippen MR) is 70.8 cm³/mol. The van der Waals surface area contributed by atoms with E-state index in [0.717, 1.165) is 11.3 Å². The summed E-state index contributed by atoms with van der Waals surface area (Å²) in [5, 5.41) is 2.77. The Morgan fingerprint density at radius 3 is 2.88 bits per heavy atom. The van der Waals surface area contributed by atoms with Gasteiger partial charge in [-0.1, -0.05) is 24.4 Å². The van der Waals surface area contributed by atoms with Crippen molar-refractivity contribution >= 4 is 23.1 Å². The van der Waals surface area contributed by atoms with Gasteiger partial charge in [0.1, 0.15) is 5.75 Å². The van der Waals surface area contributed by atoms with Gasteiger partial charge in [-0.3, -0.25) is 4.79 Å². The fourth-order valence-electron chi connectivity index (χ4n) is 1.25. The molecule has 0 spiro atoms. The second kappa shape index (κ2) is 6.20. The lowest BCUT2D eigenvalue weighted by Crippen LogP contribution is -2.35. The Labute approximate surface area is 106 Å². The third-order valence-electron chi connectivity index (χ3n) is 2.42. The van der Waals surface area contributed by atoms with E-state index in [-0.39, 0.29) is 10.9 Å². The molecular formula is C12H16N2O2S. The first-order valence-corrected chi connectivity index (χ1v) is 5.65. The molecule has 0 aromatic heterocycles. The third-order valence-corrected chi connectivity index (χ3v) is 2.77. The van der Waals surface area contributed by atoms with Crippen molar-refractivity contribution in [2.45, 2.75) is 13.5 Å². The topological polar surface area (TPSA) is 64.3 Å². The molecule has 92 valence electrons. The smallest absolute Gasteiger partial charge is 0.229 e. The van der Waals surface area contributed by atoms with Gasteiger partial charge in [0, 0.05) is 6.54 Å². The van der Waals surface area contributed by atoms with E-state index in [1.807, 2.05) is 24.3 Å². The maximum Gasteiger partial charge on any atom is 0.229 e. The van der Waals surface area contributed by atoms with E-state index in [0.29, 0.717) is 6.54 Å². The summed E-state index contributed by atoms with van der Waals surface area (Å²) < 4.78 is 5.09. The molecule has 0 saturated carbocycles. The molecule has 0 radical (unpaired) electrons. The predicted octanol–water partition coefficient (Wildman–Crippen LogP) is 1.23. The summed E-state index contributed by atoms with van der Waals surface area (Å²) in [5.74, 6) is 0.148. The van der Waals surface area contributed by atoms with Gasteiger partial charge < -0.3 is 15.8 Å². The van der Waals surface area contributed by atoms with Gasteiger partial charge >= 0.3 is 0 Å². The van der Waals surface area contributed by atoms with E-state index in [4.69, 9.17) is 22.7 Å². The van der Waals surface area contributed by atoms with Crippen molar-refractivity contribution in [1.82, 2.24) is 5.32 Å². The molecule has 1 aromatic carbocycles. The highest BCUT2D eigenvalue weighted by molar-refractivity contribution is 7.80. The van der Waals surface area contributed by atoms with Crippen LogP contribution in [0.4, 0.5) is 0 Å². The normalized spacial score (nSPS) is 11.6. The first-order chi connectivity index (χ1) is 8.04. The van der Waals surface area contributed by atoms with Gasteiger partial charge in [-0.05, 0) is 24.6 Å². The van der Waals surface area contributed by atoms with Crippen molar-refractivity contribution < 1.29 is 9.53 Å². The van der Waals surface area contributed by atoms with Crippen molar-refractivity contribution in [3.63, 3.8) is 0 Å². The number of hydrogen-bond donors (Lipinski definition) is 2. The second-order valence-electron chi connectivity index (χ2n) is 3.69. The van der Waals surface area contributed by atoms with Crippen molar-refractivity contribution in [1.29, 1.82) is 0 Å². The lowest BCUT2D eigenvalue weighted by molar-refractivity contribution is -0.122. The monoisotopic (exact) mass is 252 g/mol. The molecule has 3 N–H and O–H groups in total. The number of amides is 1. The van der Waals surface area contributed by atoms with E-state index in [1.54, 1.807) is 14.0 Å². The van der Waals surface area contributed by atoms with E-state index in [2.05, 4.69) is 5.32 Å². The average Bonchev–Trinajstić information content (AvgIpc) is 2.35. The minimum absolute atomic E-state index is 0.166. The molecular weight excluding hydrogens is 236 g/mol. The molecule has 0 saturated heterocycles. The van der Waals surface area contributed by atoms with Crippen molar-refractivity contribution in [3.8, 4) is 5.75 Å². The molecule has 0 bridgehead atoms. The summed E-state index contributed by atoms with van der Waals surface area (Å²) in [6.07, 6.45) is 0. The quantitative estimate of drug-likeness (QED) is 0.774. The number of thiocarbonyl (C=S) groups is 1. The molecule has 5 heteroatoms. The summed E-state index contributed by atoms with van der Waals surface area (Å²) in [6, 6.07) is 7.50. The first kappa shape index (κ1) is 13.4. The van der Waals surface area contributed by atoms with Gasteiger partial charge in [0.25, 0.3) is 0 Å². The zero-order valence-electron chi connectivity index (χ0n) is 9.90. The number of carbonyl (C=O) groups is 1. The van der Waals surface area contributed by atoms with Gasteiger partial charge in [-0.25, -0.2) is 0 Å². The molecule has 17 heavy (non-hydrogen) atoms. The minimum Gasteiger partial charge on any atom is -0.497 e. The Bertz CT molecular complexity index is 421. The van der Waals surface area contributed by atoms with Gasteiger partial charge in [0.2, 0.25) is 5.91 Å². The van der Waals surface area contributed by atoms with Gasteiger partial charge in [-0.2, -0.15) is 0 Å². The maximum absolute atomic E-state index is 11.6. The number of hydrogen-bond acceptors (Lipinski definition) is 3. The molecule has 0 fully saturated rings. The third kappa shape index (κ3) is 4.03. The lowest BCUT2D eigenvalue weighted by atomic mass is 10.1. The number of nitrogens with two attached hydrogens (primary N) is 1. The fourth-order valence-corrected chi connectivity index (χ4v) is 1.36. The number of methoxy groups -OCH3 is 1. The molecule has 1 atom stereocenters. The fraction of sp³-hybridized carbons (Fsp3) is 0.333. The van der Waals surface area contributed by atoms with Gasteiger partial charge in [0.05, 0.1) is 18.0 Å². The SMILES string of the molecule is COc1cccc(CNC(=O)C(C)C(N)=S)c1. The van der Waals surface area contributed by atoms with Crippen LogP contribution in [0.1, 0.15) is 12.5 Å². The van der Waals surface area contributed by atoms with E-state index >= 15 is 0 Å². The highest BCUT2D eigenvalue weighted by Crippen LogP contribution is 2.12. The molecule has 0 heterocycles. The molecule has 0 aliphatic heterocycles. The van der Waals surface area contributed by atoms with Gasteiger partial charge in [-0.15, -0.1) is 0 Å². The van der Waals surface area contributed by atoms with E-state index < -0.39 is 5.92 Å². The molecule has 4 nitrogen and oxygen atoms in total. The van der Waals surface area contributed by atoms with E-state index in [1.165, 1.54) is 0 Å². The van der Waals surface area contributed by atoms with Crippen LogP contribution in [-0.2, 0) is 11.3 Å². The Balaban J connectivity index is 2.55. The molecule has 0 aliphatic rings. The largest absolute Gasteiger partial charge is 0.497 e. The van der Waals surface area contributed by atoms with Crippen molar-refractivity contribution in [2.75, 3.05) is 7.11 Å². The van der Waals surface area contributed by atoms with E-state index in [9.17, 15) is 4.79 Å². The van der Waals surface area contributed by atoms with Crippen LogP contribution in [0, 0.1) is 5.92 Å². The Morgan fingerprint density at radius 2 is 2.29 bits per heavy atom. The maximum atomic E-state index is 11.6. The lowest BCUT2D eigenvalue weighted by Gasteiger charge is -2.11. The number of benzene rings is 1. The minimum atomic E-state index is -0.449. The summed E-state index contributed by atoms with van der Waals surface area (Å²) in [4.78, 5) is 11.8. The van der Waals surface area contributed by atoms with Crippen LogP contribution in [0.15, 0.2) is 24.3 Å². The number of carbonyl (C=O) groups excluding carboxylic acids is 1. The molecule has 1 amide bonds. The highest BCUT2D eigenvalue weighted by atomic mass is 32.1. The summed E-state index contributed by atoms with van der Waals surface area (Å²) in [5.41, 5.74) is 6.37. The second-order valence-corrected chi connectivity index (χ2v) is 4.16. The highest BCUT2D eigenvalue weighted by Gasteiger charge is 2.14. The zero-order valence-corrected chi connectivity index (χ0v) is 10.7. The molecule has 1 rings (SSSR count). The molecule has 0 aliphatic carbocycles. The summed E-state index contributed by atoms with van der Waals surface area (Å²) in [6.45, 7) is 2.12. The molecule has 1 aromatic rings. The van der Waals surface area contributed by atoms with Crippen LogP contribution < -0.4 is 15.8 Å². The number of ether oxygens (including phenoxy) is 1. The number of rotatable bonds is 5. The van der Waals surface area contributed by atoms with Crippen LogP contribution in [0.2, 0.25) is 0 Å². The summed E-state index contributed by atoms with van der Waals surface area (Å²) >= 11 is 4.76. The van der Waals surface area contributed by atoms with Crippen LogP contribution >= 0.6 is 12.2 Å². The van der Waals surface area contributed by atoms with Crippen LogP contribution in [0.3, 0.4) is 0 Å². The number of nitrogens with one attached hydrogen (secondary N) is 1. The Morgan fingerprint density at radius 1 is 1.59 bits per heavy atom. The van der Waals surface area contributed by atoms with Crippen LogP contribution in [0.5, 0.6) is 5.75 Å². The van der Waals surface area contributed by atoms with Crippen molar-refractivity contribution in [3.05, 3.63) is 29.8 Å². The zero-order chi connectivity index (χ0) is 12.8. The Hall–Kier alpha value is -1.62. The average molecular weight is 252 g/mol. The molecule has 1 unspecified atom stereocenters. The summed E-state index contributed by atoms with van der Waals surface area (Å²) in [7, 11) is 1.60. The van der Waals surface area contributed by atoms with Crippen LogP contribution in [0.25, 0.3) is 0 Å². The van der Waals surface area contributed by atoms with Crippen LogP contribution in [-0.4, -0.2) is 18.0 Å². The van der Waals surface area contributed by atoms with Gasteiger partial charge in [0.15, 0.2) is 0 Å². The first-order valence-electron chi connectivity index (χ1n) is 5.24. The standard InChI is InChI=1S/C12H16N2O2S/c1-8(11(13)17)12(15)14-7-9-4-3-5-10(6-9)16-2/h3-6,8H,7H2,1-2H3,(H2,13,17)(H,14,15). The van der Waals surface area contributed by atoms with Crippen molar-refractivity contribution in [2.24, 2.45) is 11.7 Å². The Kier molecular flexibility index (Phi) is 4.90.